The van der Waals surface area contributed by atoms with Gasteiger partial charge in [-0.2, -0.15) is 5.10 Å². The number of aryl methyl sites for hydroxylation is 2. The smallest absolute Gasteiger partial charge is 0.135 e. The first-order chi connectivity index (χ1) is 17.1. The molecular formula is C28H28N6S. The molecule has 0 saturated carbocycles. The largest absolute Gasteiger partial charge is 0.357 e. The molecule has 35 heavy (non-hydrogen) atoms. The van der Waals surface area contributed by atoms with Gasteiger partial charge in [0.2, 0.25) is 0 Å². The molecule has 0 aliphatic heterocycles. The number of thiophene rings is 1. The number of hydrogen-bond donors (Lipinski definition) is 3. The van der Waals surface area contributed by atoms with Gasteiger partial charge in [-0.25, -0.2) is 4.98 Å². The van der Waals surface area contributed by atoms with Crippen LogP contribution in [0.15, 0.2) is 67.5 Å². The first kappa shape index (κ1) is 23.0. The Bertz CT molecular complexity index is 1530. The third-order valence-corrected chi connectivity index (χ3v) is 6.96. The van der Waals surface area contributed by atoms with Gasteiger partial charge >= 0.3 is 0 Å². The van der Waals surface area contributed by atoms with E-state index in [1.54, 1.807) is 11.3 Å². The number of hydrogen-bond acceptors (Lipinski definition) is 5. The van der Waals surface area contributed by atoms with Gasteiger partial charge < -0.3 is 10.3 Å². The van der Waals surface area contributed by atoms with Crippen LogP contribution in [0.25, 0.3) is 39.3 Å². The maximum atomic E-state index is 4.98. The summed E-state index contributed by atoms with van der Waals surface area (Å²) in [5, 5.41) is 11.1. The molecule has 0 bridgehead atoms. The minimum absolute atomic E-state index is 0.783. The zero-order valence-corrected chi connectivity index (χ0v) is 21.0. The van der Waals surface area contributed by atoms with Crippen LogP contribution >= 0.6 is 11.3 Å². The summed E-state index contributed by atoms with van der Waals surface area (Å²) in [4.78, 5) is 15.4. The maximum Gasteiger partial charge on any atom is 0.135 e. The van der Waals surface area contributed by atoms with Crippen molar-refractivity contribution < 1.29 is 0 Å². The van der Waals surface area contributed by atoms with E-state index in [0.29, 0.717) is 0 Å². The molecule has 0 aliphatic rings. The number of aromatic nitrogens is 5. The molecule has 5 aromatic heterocycles. The summed E-state index contributed by atoms with van der Waals surface area (Å²) in [6.07, 6.45) is 7.65. The highest BCUT2D eigenvalue weighted by Crippen LogP contribution is 2.35. The number of allylic oxidation sites excluding steroid dienone is 2. The van der Waals surface area contributed by atoms with E-state index in [1.165, 1.54) is 9.75 Å². The van der Waals surface area contributed by atoms with Crippen LogP contribution in [0.2, 0.25) is 0 Å². The van der Waals surface area contributed by atoms with Crippen molar-refractivity contribution in [2.24, 2.45) is 0 Å². The van der Waals surface area contributed by atoms with Gasteiger partial charge in [0.05, 0.1) is 16.9 Å². The fraction of sp³-hybridized carbons (Fsp3) is 0.179. The van der Waals surface area contributed by atoms with E-state index in [1.807, 2.05) is 30.6 Å². The Hall–Kier alpha value is -3.81. The molecule has 5 heterocycles. The Kier molecular flexibility index (Phi) is 6.44. The lowest BCUT2D eigenvalue weighted by Gasteiger charge is -2.05. The van der Waals surface area contributed by atoms with Crippen LogP contribution in [0.1, 0.15) is 33.5 Å². The summed E-state index contributed by atoms with van der Waals surface area (Å²) < 4.78 is 0. The Labute approximate surface area is 208 Å². The molecule has 7 heteroatoms. The number of H-pyrrole nitrogens is 2. The van der Waals surface area contributed by atoms with Gasteiger partial charge in [0.25, 0.3) is 0 Å². The Morgan fingerprint density at radius 3 is 2.80 bits per heavy atom. The minimum atomic E-state index is 0.783. The van der Waals surface area contributed by atoms with Crippen molar-refractivity contribution in [2.75, 3.05) is 6.54 Å². The number of pyridine rings is 2. The summed E-state index contributed by atoms with van der Waals surface area (Å²) >= 11 is 1.78. The quantitative estimate of drug-likeness (QED) is 0.224. The van der Waals surface area contributed by atoms with Gasteiger partial charge in [0, 0.05) is 51.1 Å². The average molecular weight is 481 g/mol. The predicted octanol–water partition coefficient (Wildman–Crippen LogP) is 6.42. The monoisotopic (exact) mass is 480 g/mol. The minimum Gasteiger partial charge on any atom is -0.357 e. The molecule has 0 saturated heterocycles. The lowest BCUT2D eigenvalue weighted by molar-refractivity contribution is 0.724. The molecule has 0 spiro atoms. The van der Waals surface area contributed by atoms with Gasteiger partial charge in [-0.05, 0) is 62.4 Å². The SMILES string of the molecule is C=C/C=C(/c1ccc(C)s1)c1cc(-c2n[nH]c3ccc(-c4cncc(CNCC)c4)nc23)[nH]c1C. The first-order valence-corrected chi connectivity index (χ1v) is 12.5. The van der Waals surface area contributed by atoms with Crippen LogP contribution in [0.5, 0.6) is 0 Å². The predicted molar refractivity (Wildman–Crippen MR) is 145 cm³/mol. The van der Waals surface area contributed by atoms with E-state index in [4.69, 9.17) is 4.98 Å². The van der Waals surface area contributed by atoms with Crippen LogP contribution in [-0.2, 0) is 6.54 Å². The first-order valence-electron chi connectivity index (χ1n) is 11.7. The number of aromatic amines is 2. The van der Waals surface area contributed by atoms with Crippen LogP contribution in [-0.4, -0.2) is 31.7 Å². The van der Waals surface area contributed by atoms with Crippen LogP contribution in [0.3, 0.4) is 0 Å². The number of nitrogens with one attached hydrogen (secondary N) is 3. The molecule has 0 atom stereocenters. The molecule has 3 N–H and O–H groups in total. The van der Waals surface area contributed by atoms with Crippen LogP contribution < -0.4 is 5.32 Å². The molecule has 0 radical (unpaired) electrons. The van der Waals surface area contributed by atoms with E-state index in [-0.39, 0.29) is 0 Å². The normalized spacial score (nSPS) is 11.9. The van der Waals surface area contributed by atoms with Crippen molar-refractivity contribution in [3.05, 3.63) is 94.1 Å². The van der Waals surface area contributed by atoms with Crippen molar-refractivity contribution in [2.45, 2.75) is 27.3 Å². The van der Waals surface area contributed by atoms with Crippen molar-refractivity contribution in [3.63, 3.8) is 0 Å². The fourth-order valence-electron chi connectivity index (χ4n) is 4.21. The van der Waals surface area contributed by atoms with Gasteiger partial charge in [0.1, 0.15) is 11.2 Å². The highest BCUT2D eigenvalue weighted by atomic mass is 32.1. The molecule has 5 rings (SSSR count). The van der Waals surface area contributed by atoms with E-state index in [9.17, 15) is 0 Å². The van der Waals surface area contributed by atoms with Gasteiger partial charge in [0.15, 0.2) is 0 Å². The van der Waals surface area contributed by atoms with Gasteiger partial charge in [-0.3, -0.25) is 10.1 Å². The molecule has 0 amide bonds. The summed E-state index contributed by atoms with van der Waals surface area (Å²) in [6.45, 7) is 11.9. The molecular weight excluding hydrogens is 452 g/mol. The summed E-state index contributed by atoms with van der Waals surface area (Å²) in [5.41, 5.74) is 9.80. The summed E-state index contributed by atoms with van der Waals surface area (Å²) in [7, 11) is 0. The Balaban J connectivity index is 1.55. The maximum absolute atomic E-state index is 4.98. The zero-order chi connectivity index (χ0) is 24.4. The van der Waals surface area contributed by atoms with Crippen molar-refractivity contribution >= 4 is 27.9 Å². The van der Waals surface area contributed by atoms with E-state index >= 15 is 0 Å². The van der Waals surface area contributed by atoms with Crippen molar-refractivity contribution in [1.82, 2.24) is 30.5 Å². The molecule has 0 unspecified atom stereocenters. The van der Waals surface area contributed by atoms with Crippen LogP contribution in [0, 0.1) is 13.8 Å². The number of fused-ring (bicyclic) bond motifs is 1. The second-order valence-corrected chi connectivity index (χ2v) is 9.76. The van der Waals surface area contributed by atoms with Crippen molar-refractivity contribution in [3.8, 4) is 22.6 Å². The topological polar surface area (TPSA) is 82.3 Å². The molecule has 6 nitrogen and oxygen atoms in total. The highest BCUT2D eigenvalue weighted by molar-refractivity contribution is 7.13. The van der Waals surface area contributed by atoms with Crippen molar-refractivity contribution in [1.29, 1.82) is 0 Å². The van der Waals surface area contributed by atoms with Gasteiger partial charge in [-0.1, -0.05) is 25.7 Å². The third-order valence-electron chi connectivity index (χ3n) is 5.93. The number of nitrogens with zero attached hydrogens (tertiary/aromatic N) is 3. The fourth-order valence-corrected chi connectivity index (χ4v) is 5.12. The van der Waals surface area contributed by atoms with E-state index in [2.05, 4.69) is 83.2 Å². The molecule has 0 fully saturated rings. The second-order valence-electron chi connectivity index (χ2n) is 8.48. The third kappa shape index (κ3) is 4.60. The van der Waals surface area contributed by atoms with Crippen LogP contribution in [0.4, 0.5) is 0 Å². The average Bonchev–Trinajstić information content (AvgIpc) is 3.59. The van der Waals surface area contributed by atoms with Gasteiger partial charge in [-0.15, -0.1) is 11.3 Å². The van der Waals surface area contributed by atoms with E-state index in [0.717, 1.165) is 69.2 Å². The van der Waals surface area contributed by atoms with E-state index < -0.39 is 0 Å². The second kappa shape index (κ2) is 9.82. The molecule has 176 valence electrons. The summed E-state index contributed by atoms with van der Waals surface area (Å²) in [5.74, 6) is 0. The standard InChI is InChI=1S/C28H28N6S/c1-5-7-21(26-11-8-17(3)35-26)22-13-25(31-18(22)4)28-27-24(33-34-28)10-9-23(32-27)20-12-19(14-29-6-2)15-30-16-20/h5,7-13,15-16,29,31H,1,6,14H2,2-4H3,(H,33,34)/b21-7+. The molecule has 0 aliphatic carbocycles. The molecule has 5 aromatic rings. The Morgan fingerprint density at radius 2 is 2.03 bits per heavy atom. The Morgan fingerprint density at radius 1 is 1.14 bits per heavy atom. The highest BCUT2D eigenvalue weighted by Gasteiger charge is 2.18. The summed E-state index contributed by atoms with van der Waals surface area (Å²) in [6, 6.07) is 12.6. The lowest BCUT2D eigenvalue weighted by atomic mass is 10.0. The lowest BCUT2D eigenvalue weighted by Crippen LogP contribution is -2.11. The molecule has 0 aromatic carbocycles. The zero-order valence-electron chi connectivity index (χ0n) is 20.1. The number of rotatable bonds is 8.